The molecule has 0 bridgehead atoms. The summed E-state index contributed by atoms with van der Waals surface area (Å²) in [5.41, 5.74) is 4.35. The molecule has 0 atom stereocenters. The molecule has 128 valence electrons. The largest absolute Gasteiger partial charge is 0.452 e. The minimum atomic E-state index is -0.752. The lowest BCUT2D eigenvalue weighted by Gasteiger charge is -2.08. The molecule has 2 aromatic rings. The maximum absolute atomic E-state index is 11.8. The molecule has 0 spiro atoms. The number of pyridine rings is 1. The van der Waals surface area contributed by atoms with E-state index in [9.17, 15) is 24.5 Å². The first-order valence-electron chi connectivity index (χ1n) is 6.88. The van der Waals surface area contributed by atoms with Crippen molar-refractivity contribution in [3.8, 4) is 0 Å². The number of rotatable bonds is 5. The Bertz CT molecular complexity index is 791. The summed E-state index contributed by atoms with van der Waals surface area (Å²) in [6.07, 6.45) is 2.81. The normalized spacial score (nSPS) is 9.76. The molecule has 2 amide bonds. The van der Waals surface area contributed by atoms with Crippen LogP contribution in [0.4, 0.5) is 5.69 Å². The van der Waals surface area contributed by atoms with Crippen LogP contribution >= 0.6 is 0 Å². The number of hydrogen-bond donors (Lipinski definition) is 2. The molecule has 0 radical (unpaired) electrons. The van der Waals surface area contributed by atoms with Crippen molar-refractivity contribution in [1.82, 2.24) is 15.8 Å². The van der Waals surface area contributed by atoms with E-state index in [1.54, 1.807) is 0 Å². The quantitative estimate of drug-likeness (QED) is 0.460. The number of hydrazine groups is 1. The van der Waals surface area contributed by atoms with Gasteiger partial charge in [0.15, 0.2) is 6.61 Å². The van der Waals surface area contributed by atoms with Crippen LogP contribution in [0, 0.1) is 10.1 Å². The number of nitrogens with zero attached hydrogens (tertiary/aromatic N) is 2. The van der Waals surface area contributed by atoms with Crippen molar-refractivity contribution in [3.05, 3.63) is 70.0 Å². The summed E-state index contributed by atoms with van der Waals surface area (Å²) in [6, 6.07) is 7.65. The molecule has 0 fully saturated rings. The van der Waals surface area contributed by atoms with Gasteiger partial charge in [0.25, 0.3) is 17.5 Å². The van der Waals surface area contributed by atoms with Crippen LogP contribution in [-0.2, 0) is 9.53 Å². The minimum absolute atomic E-state index is 0.111. The second-order valence-electron chi connectivity index (χ2n) is 4.62. The maximum atomic E-state index is 11.8. The smallest absolute Gasteiger partial charge is 0.338 e. The van der Waals surface area contributed by atoms with Gasteiger partial charge in [0, 0.05) is 30.1 Å². The van der Waals surface area contributed by atoms with Gasteiger partial charge in [-0.15, -0.1) is 0 Å². The third-order valence-electron chi connectivity index (χ3n) is 2.91. The summed E-state index contributed by atoms with van der Waals surface area (Å²) in [4.78, 5) is 48.6. The Labute approximate surface area is 140 Å². The Morgan fingerprint density at radius 2 is 1.64 bits per heavy atom. The fourth-order valence-corrected chi connectivity index (χ4v) is 1.67. The zero-order valence-corrected chi connectivity index (χ0v) is 12.7. The SMILES string of the molecule is O=C(COC(=O)c1ccncc1)NNC(=O)c1ccc([N+](=O)[O-])cc1. The summed E-state index contributed by atoms with van der Waals surface area (Å²) in [7, 11) is 0. The van der Waals surface area contributed by atoms with Gasteiger partial charge in [-0.2, -0.15) is 0 Å². The van der Waals surface area contributed by atoms with Crippen molar-refractivity contribution in [3.63, 3.8) is 0 Å². The van der Waals surface area contributed by atoms with Crippen LogP contribution in [0.25, 0.3) is 0 Å². The van der Waals surface area contributed by atoms with Gasteiger partial charge in [-0.25, -0.2) is 4.79 Å². The van der Waals surface area contributed by atoms with E-state index >= 15 is 0 Å². The second kappa shape index (κ2) is 8.15. The lowest BCUT2D eigenvalue weighted by Crippen LogP contribution is -2.43. The molecule has 2 rings (SSSR count). The number of aromatic nitrogens is 1. The number of benzene rings is 1. The Balaban J connectivity index is 1.78. The van der Waals surface area contributed by atoms with Crippen LogP contribution in [0.15, 0.2) is 48.8 Å². The predicted octanol–water partition coefficient (Wildman–Crippen LogP) is 0.608. The monoisotopic (exact) mass is 344 g/mol. The molecule has 0 aliphatic heterocycles. The number of nitrogens with one attached hydrogen (secondary N) is 2. The molecular weight excluding hydrogens is 332 g/mol. The van der Waals surface area contributed by atoms with E-state index in [1.165, 1.54) is 36.7 Å². The lowest BCUT2D eigenvalue weighted by molar-refractivity contribution is -0.384. The van der Waals surface area contributed by atoms with E-state index in [0.717, 1.165) is 12.1 Å². The van der Waals surface area contributed by atoms with Gasteiger partial charge in [0.05, 0.1) is 10.5 Å². The van der Waals surface area contributed by atoms with Crippen molar-refractivity contribution >= 4 is 23.5 Å². The highest BCUT2D eigenvalue weighted by Gasteiger charge is 2.12. The maximum Gasteiger partial charge on any atom is 0.338 e. The van der Waals surface area contributed by atoms with E-state index in [2.05, 4.69) is 15.8 Å². The predicted molar refractivity (Wildman–Crippen MR) is 83.2 cm³/mol. The van der Waals surface area contributed by atoms with Crippen LogP contribution in [0.3, 0.4) is 0 Å². The Morgan fingerprint density at radius 1 is 1.00 bits per heavy atom. The van der Waals surface area contributed by atoms with Gasteiger partial charge < -0.3 is 4.74 Å². The third kappa shape index (κ3) is 5.10. The molecular formula is C15H12N4O6. The molecule has 0 saturated carbocycles. The average Bonchev–Trinajstić information content (AvgIpc) is 2.64. The van der Waals surface area contributed by atoms with Crippen molar-refractivity contribution in [1.29, 1.82) is 0 Å². The molecule has 10 nitrogen and oxygen atoms in total. The number of carbonyl (C=O) groups is 3. The number of nitro groups is 1. The molecule has 1 aromatic heterocycles. The molecule has 0 unspecified atom stereocenters. The van der Waals surface area contributed by atoms with Gasteiger partial charge in [0.2, 0.25) is 0 Å². The second-order valence-corrected chi connectivity index (χ2v) is 4.62. The van der Waals surface area contributed by atoms with Gasteiger partial charge >= 0.3 is 5.97 Å². The number of esters is 1. The van der Waals surface area contributed by atoms with E-state index in [0.29, 0.717) is 0 Å². The zero-order valence-electron chi connectivity index (χ0n) is 12.7. The van der Waals surface area contributed by atoms with Crippen LogP contribution in [0.2, 0.25) is 0 Å². The van der Waals surface area contributed by atoms with Crippen LogP contribution < -0.4 is 10.9 Å². The summed E-state index contributed by atoms with van der Waals surface area (Å²) in [5, 5.41) is 10.5. The number of non-ortho nitro benzene ring substituents is 1. The molecule has 0 saturated heterocycles. The number of nitro benzene ring substituents is 1. The van der Waals surface area contributed by atoms with Crippen molar-refractivity contribution < 1.29 is 24.0 Å². The van der Waals surface area contributed by atoms with E-state index < -0.39 is 29.3 Å². The highest BCUT2D eigenvalue weighted by atomic mass is 16.6. The van der Waals surface area contributed by atoms with Crippen LogP contribution in [0.5, 0.6) is 0 Å². The van der Waals surface area contributed by atoms with E-state index in [1.807, 2.05) is 0 Å². The van der Waals surface area contributed by atoms with Gasteiger partial charge in [0.1, 0.15) is 0 Å². The summed E-state index contributed by atoms with van der Waals surface area (Å²) < 4.78 is 4.76. The first-order chi connectivity index (χ1) is 12.0. The highest BCUT2D eigenvalue weighted by Crippen LogP contribution is 2.11. The Hall–Kier alpha value is -3.82. The number of amides is 2. The fraction of sp³-hybridized carbons (Fsp3) is 0.0667. The molecule has 1 aromatic carbocycles. The fourth-order valence-electron chi connectivity index (χ4n) is 1.67. The van der Waals surface area contributed by atoms with E-state index in [4.69, 9.17) is 4.74 Å². The summed E-state index contributed by atoms with van der Waals surface area (Å²) in [5.74, 6) is -2.14. The van der Waals surface area contributed by atoms with Gasteiger partial charge in [-0.1, -0.05) is 0 Å². The summed E-state index contributed by atoms with van der Waals surface area (Å²) in [6.45, 7) is -0.596. The van der Waals surface area contributed by atoms with Crippen molar-refractivity contribution in [2.24, 2.45) is 0 Å². The molecule has 0 aliphatic rings. The van der Waals surface area contributed by atoms with Crippen LogP contribution in [-0.4, -0.2) is 34.3 Å². The number of carbonyl (C=O) groups excluding carboxylic acids is 3. The van der Waals surface area contributed by atoms with Gasteiger partial charge in [-0.05, 0) is 24.3 Å². The third-order valence-corrected chi connectivity index (χ3v) is 2.91. The molecule has 10 heteroatoms. The summed E-state index contributed by atoms with van der Waals surface area (Å²) >= 11 is 0. The number of hydrogen-bond acceptors (Lipinski definition) is 7. The lowest BCUT2D eigenvalue weighted by atomic mass is 10.2. The van der Waals surface area contributed by atoms with Crippen molar-refractivity contribution in [2.75, 3.05) is 6.61 Å². The zero-order chi connectivity index (χ0) is 18.2. The standard InChI is InChI=1S/C15H12N4O6/c20-13(9-25-15(22)11-5-7-16-8-6-11)17-18-14(21)10-1-3-12(4-2-10)19(23)24/h1-8H,9H2,(H,17,20)(H,18,21). The highest BCUT2D eigenvalue weighted by molar-refractivity contribution is 5.96. The average molecular weight is 344 g/mol. The van der Waals surface area contributed by atoms with Crippen LogP contribution in [0.1, 0.15) is 20.7 Å². The first kappa shape index (κ1) is 17.5. The van der Waals surface area contributed by atoms with Crippen molar-refractivity contribution in [2.45, 2.75) is 0 Å². The molecule has 25 heavy (non-hydrogen) atoms. The van der Waals surface area contributed by atoms with E-state index in [-0.39, 0.29) is 16.8 Å². The van der Waals surface area contributed by atoms with Gasteiger partial charge in [-0.3, -0.25) is 35.5 Å². The molecule has 0 aliphatic carbocycles. The molecule has 2 N–H and O–H groups in total. The molecule has 1 heterocycles. The minimum Gasteiger partial charge on any atom is -0.452 e. The first-order valence-corrected chi connectivity index (χ1v) is 6.88. The Morgan fingerprint density at radius 3 is 2.24 bits per heavy atom. The number of ether oxygens (including phenoxy) is 1. The Kier molecular flexibility index (Phi) is 5.72. The topological polar surface area (TPSA) is 141 Å².